The Balaban J connectivity index is 1.58. The highest BCUT2D eigenvalue weighted by Gasteiger charge is 2.59. The zero-order valence-corrected chi connectivity index (χ0v) is 25.4. The fraction of sp³-hybridized carbons (Fsp3) is 0.444. The van der Waals surface area contributed by atoms with Crippen LogP contribution in [0, 0.1) is 35.0 Å². The maximum atomic E-state index is 14.4. The quantitative estimate of drug-likeness (QED) is 0.228. The van der Waals surface area contributed by atoms with E-state index in [1.54, 1.807) is 54.6 Å². The summed E-state index contributed by atoms with van der Waals surface area (Å²) in [7, 11) is 0. The molecule has 8 atom stereocenters. The number of carbonyl (C=O) groups excluding carboxylic acids is 4. The fourth-order valence-electron chi connectivity index (χ4n) is 7.04. The molecule has 2 unspecified atom stereocenters. The molecule has 3 aliphatic rings. The van der Waals surface area contributed by atoms with Gasteiger partial charge in [-0.15, -0.1) is 0 Å². The molecule has 3 aliphatic carbocycles. The van der Waals surface area contributed by atoms with Crippen molar-refractivity contribution in [2.75, 3.05) is 0 Å². The lowest BCUT2D eigenvalue weighted by Gasteiger charge is -2.43. The highest BCUT2D eigenvalue weighted by Crippen LogP contribution is 2.62. The zero-order chi connectivity index (χ0) is 31.1. The van der Waals surface area contributed by atoms with Crippen LogP contribution in [0.1, 0.15) is 68.2 Å². The van der Waals surface area contributed by atoms with Crippen molar-refractivity contribution in [1.82, 2.24) is 0 Å². The van der Waals surface area contributed by atoms with Gasteiger partial charge in [-0.2, -0.15) is 0 Å². The molecular formula is C36H40O7. The highest BCUT2D eigenvalue weighted by molar-refractivity contribution is 5.92. The van der Waals surface area contributed by atoms with E-state index in [-0.39, 0.29) is 29.0 Å². The monoisotopic (exact) mass is 584 g/mol. The van der Waals surface area contributed by atoms with Crippen LogP contribution < -0.4 is 0 Å². The number of esters is 3. The van der Waals surface area contributed by atoms with Crippen LogP contribution in [0.25, 0.3) is 0 Å². The maximum absolute atomic E-state index is 14.4. The van der Waals surface area contributed by atoms with Crippen LogP contribution in [0.15, 0.2) is 84.5 Å². The van der Waals surface area contributed by atoms with Crippen LogP contribution in [0.2, 0.25) is 0 Å². The summed E-state index contributed by atoms with van der Waals surface area (Å²) >= 11 is 0. The number of fused-ring (bicyclic) bond motifs is 3. The first-order chi connectivity index (χ1) is 20.4. The number of rotatable bonds is 5. The van der Waals surface area contributed by atoms with Crippen molar-refractivity contribution < 1.29 is 33.4 Å². The third-order valence-corrected chi connectivity index (χ3v) is 9.70. The molecule has 0 spiro atoms. The molecule has 2 aromatic rings. The molecule has 2 aromatic carbocycles. The first-order valence-electron chi connectivity index (χ1n) is 15.0. The lowest BCUT2D eigenvalue weighted by Crippen LogP contribution is -2.53. The summed E-state index contributed by atoms with van der Waals surface area (Å²) in [5.74, 6) is -3.23. The Kier molecular flexibility index (Phi) is 8.46. The van der Waals surface area contributed by atoms with Gasteiger partial charge in [0, 0.05) is 18.4 Å². The Morgan fingerprint density at radius 2 is 1.42 bits per heavy atom. The maximum Gasteiger partial charge on any atom is 0.338 e. The molecule has 2 saturated carbocycles. The van der Waals surface area contributed by atoms with E-state index >= 15 is 0 Å². The molecule has 5 rings (SSSR count). The van der Waals surface area contributed by atoms with Gasteiger partial charge in [0.05, 0.1) is 17.0 Å². The standard InChI is InChI=1S/C36H40O7/c1-20-18-27-28(36(27,5)6)19-29(42-34(39)24-13-9-7-10-14-24)22(3)33(41-23(4)37)30-31(38)26(20)17-21(2)32(30)43-35(40)25-15-11-8-12-16-25/h7-16,18,21,26-30,32-33H,3,17,19H2,1-2,4-6H3/b20-18+/t21-,26?,27+,28-,29?,30+,32-,33-/m0/s1. The highest BCUT2D eigenvalue weighted by atomic mass is 16.6. The van der Waals surface area contributed by atoms with E-state index in [1.165, 1.54) is 6.92 Å². The average Bonchev–Trinajstić information content (AvgIpc) is 3.49. The van der Waals surface area contributed by atoms with Gasteiger partial charge in [-0.3, -0.25) is 9.59 Å². The second-order valence-corrected chi connectivity index (χ2v) is 12.9. The van der Waals surface area contributed by atoms with Gasteiger partial charge in [0.1, 0.15) is 18.3 Å². The first kappa shape index (κ1) is 30.5. The minimum Gasteiger partial charge on any atom is -0.458 e. The molecule has 0 aromatic heterocycles. The smallest absolute Gasteiger partial charge is 0.338 e. The van der Waals surface area contributed by atoms with Crippen LogP contribution in [0.4, 0.5) is 0 Å². The van der Waals surface area contributed by atoms with E-state index in [2.05, 4.69) is 26.5 Å². The average molecular weight is 585 g/mol. The SMILES string of the molecule is C=C1C(OC(=O)c2ccccc2)C[C@H]2[C@@H](/C=C(\C)C3C[C@H](C)[C@H](OC(=O)c4ccccc4)[C@@H](C3=O)[C@H]1OC(C)=O)C2(C)C. The molecule has 7 nitrogen and oxygen atoms in total. The van der Waals surface area contributed by atoms with Crippen molar-refractivity contribution in [1.29, 1.82) is 0 Å². The van der Waals surface area contributed by atoms with E-state index in [9.17, 15) is 19.2 Å². The van der Waals surface area contributed by atoms with Crippen molar-refractivity contribution in [3.8, 4) is 0 Å². The number of allylic oxidation sites excluding steroid dienone is 2. The number of hydrogen-bond acceptors (Lipinski definition) is 7. The topological polar surface area (TPSA) is 96.0 Å². The minimum absolute atomic E-state index is 0.0778. The van der Waals surface area contributed by atoms with Crippen LogP contribution in [0.5, 0.6) is 0 Å². The Morgan fingerprint density at radius 1 is 0.860 bits per heavy atom. The summed E-state index contributed by atoms with van der Waals surface area (Å²) < 4.78 is 18.1. The van der Waals surface area contributed by atoms with Gasteiger partial charge >= 0.3 is 17.9 Å². The molecule has 0 N–H and O–H groups in total. The lowest BCUT2D eigenvalue weighted by atomic mass is 9.67. The van der Waals surface area contributed by atoms with Crippen molar-refractivity contribution in [2.45, 2.75) is 65.8 Å². The predicted octanol–water partition coefficient (Wildman–Crippen LogP) is 6.39. The Bertz CT molecular complexity index is 1440. The molecule has 2 bridgehead atoms. The number of carbonyl (C=O) groups is 4. The number of ether oxygens (including phenoxy) is 3. The zero-order valence-electron chi connectivity index (χ0n) is 25.4. The third kappa shape index (κ3) is 6.08. The lowest BCUT2D eigenvalue weighted by molar-refractivity contribution is -0.158. The van der Waals surface area contributed by atoms with Gasteiger partial charge in [0.25, 0.3) is 0 Å². The normalized spacial score (nSPS) is 32.6. The predicted molar refractivity (Wildman–Crippen MR) is 161 cm³/mol. The second-order valence-electron chi connectivity index (χ2n) is 12.9. The first-order valence-corrected chi connectivity index (χ1v) is 15.0. The molecule has 0 heterocycles. The van der Waals surface area contributed by atoms with Gasteiger partial charge in [-0.25, -0.2) is 9.59 Å². The van der Waals surface area contributed by atoms with E-state index in [0.717, 1.165) is 5.57 Å². The molecule has 43 heavy (non-hydrogen) atoms. The van der Waals surface area contributed by atoms with Crippen molar-refractivity contribution >= 4 is 23.7 Å². The molecule has 0 aliphatic heterocycles. The Hall–Kier alpha value is -4.00. The second kappa shape index (κ2) is 11.9. The van der Waals surface area contributed by atoms with Gasteiger partial charge in [-0.05, 0) is 67.2 Å². The van der Waals surface area contributed by atoms with Crippen molar-refractivity contribution in [3.05, 3.63) is 95.6 Å². The van der Waals surface area contributed by atoms with Gasteiger partial charge in [0.2, 0.25) is 0 Å². The molecule has 2 fully saturated rings. The fourth-order valence-corrected chi connectivity index (χ4v) is 7.04. The minimum atomic E-state index is -1.16. The van der Waals surface area contributed by atoms with E-state index < -0.39 is 48.1 Å². The van der Waals surface area contributed by atoms with Crippen LogP contribution in [-0.4, -0.2) is 42.0 Å². The summed E-state index contributed by atoms with van der Waals surface area (Å²) in [6, 6.07) is 17.3. The largest absolute Gasteiger partial charge is 0.458 e. The summed E-state index contributed by atoms with van der Waals surface area (Å²) in [5, 5.41) is 0. The van der Waals surface area contributed by atoms with E-state index in [4.69, 9.17) is 14.2 Å². The van der Waals surface area contributed by atoms with E-state index in [1.807, 2.05) is 19.9 Å². The molecule has 0 amide bonds. The third-order valence-electron chi connectivity index (χ3n) is 9.70. The number of benzene rings is 2. The Labute approximate surface area is 253 Å². The number of Topliss-reactive ketones (excluding diaryl/α,β-unsaturated/α-hetero) is 1. The van der Waals surface area contributed by atoms with Crippen LogP contribution in [0.3, 0.4) is 0 Å². The molecule has 7 heteroatoms. The van der Waals surface area contributed by atoms with Crippen LogP contribution in [-0.2, 0) is 23.8 Å². The van der Waals surface area contributed by atoms with Gasteiger partial charge in [-0.1, -0.05) is 75.4 Å². The molecule has 226 valence electrons. The summed E-state index contributed by atoms with van der Waals surface area (Å²) in [4.78, 5) is 53.6. The van der Waals surface area contributed by atoms with E-state index in [0.29, 0.717) is 29.5 Å². The van der Waals surface area contributed by atoms with Crippen molar-refractivity contribution in [3.63, 3.8) is 0 Å². The molecular weight excluding hydrogens is 544 g/mol. The summed E-state index contributed by atoms with van der Waals surface area (Å²) in [6.07, 6.45) is 0.247. The Morgan fingerprint density at radius 3 is 1.98 bits per heavy atom. The molecule has 0 saturated heterocycles. The van der Waals surface area contributed by atoms with Crippen LogP contribution >= 0.6 is 0 Å². The summed E-state index contributed by atoms with van der Waals surface area (Å²) in [6.45, 7) is 13.9. The van der Waals surface area contributed by atoms with Gasteiger partial charge in [0.15, 0.2) is 5.78 Å². The number of ketones is 1. The van der Waals surface area contributed by atoms with Crippen molar-refractivity contribution in [2.24, 2.45) is 35.0 Å². The number of hydrogen-bond donors (Lipinski definition) is 0. The van der Waals surface area contributed by atoms with Gasteiger partial charge < -0.3 is 14.2 Å². The molecule has 0 radical (unpaired) electrons. The summed E-state index contributed by atoms with van der Waals surface area (Å²) in [5.41, 5.74) is 1.94.